The first kappa shape index (κ1) is 22.3. The third-order valence-electron chi connectivity index (χ3n) is 5.44. The number of methoxy groups -OCH3 is 1. The van der Waals surface area contributed by atoms with E-state index in [1.807, 2.05) is 42.5 Å². The number of benzene rings is 2. The number of nitrogens with zero attached hydrogens (tertiary/aromatic N) is 3. The monoisotopic (exact) mass is 454 g/mol. The van der Waals surface area contributed by atoms with Crippen LogP contribution in [0.1, 0.15) is 16.9 Å². The number of ether oxygens (including phenoxy) is 2. The molecule has 0 aliphatic carbocycles. The molecule has 0 radical (unpaired) electrons. The number of hydrogen-bond donors (Lipinski definition) is 1. The van der Waals surface area contributed by atoms with Gasteiger partial charge in [-0.15, -0.1) is 0 Å². The van der Waals surface area contributed by atoms with Crippen molar-refractivity contribution in [3.05, 3.63) is 65.3 Å². The largest absolute Gasteiger partial charge is 0.497 e. The normalized spacial score (nSPS) is 14.3. The molecule has 1 fully saturated rings. The molecular formula is C24H27ClN4O3. The first-order valence-electron chi connectivity index (χ1n) is 10.7. The minimum absolute atomic E-state index is 0.158. The maximum atomic E-state index is 13.1. The van der Waals surface area contributed by atoms with Crippen LogP contribution in [0, 0.1) is 0 Å². The number of carbonyl (C=O) groups excluding carboxylic acids is 1. The van der Waals surface area contributed by atoms with Gasteiger partial charge in [0.1, 0.15) is 11.4 Å². The number of hydrogen-bond acceptors (Lipinski definition) is 5. The molecule has 3 aromatic rings. The van der Waals surface area contributed by atoms with Crippen molar-refractivity contribution in [3.63, 3.8) is 0 Å². The number of aromatic nitrogens is 2. The third kappa shape index (κ3) is 5.48. The third-order valence-corrected chi connectivity index (χ3v) is 5.69. The Hall–Kier alpha value is -2.87. The highest BCUT2D eigenvalue weighted by Crippen LogP contribution is 2.24. The lowest BCUT2D eigenvalue weighted by Crippen LogP contribution is -2.38. The van der Waals surface area contributed by atoms with E-state index in [1.165, 1.54) is 0 Å². The number of amides is 1. The number of halogens is 1. The fourth-order valence-electron chi connectivity index (χ4n) is 3.64. The average molecular weight is 455 g/mol. The van der Waals surface area contributed by atoms with Crippen molar-refractivity contribution < 1.29 is 14.3 Å². The summed E-state index contributed by atoms with van der Waals surface area (Å²) in [4.78, 5) is 15.4. The molecule has 32 heavy (non-hydrogen) atoms. The van der Waals surface area contributed by atoms with Gasteiger partial charge < -0.3 is 14.8 Å². The molecule has 1 amide bonds. The summed E-state index contributed by atoms with van der Waals surface area (Å²) in [5.41, 5.74) is 2.86. The average Bonchev–Trinajstić information content (AvgIpc) is 3.28. The minimum Gasteiger partial charge on any atom is -0.497 e. The second-order valence-corrected chi connectivity index (χ2v) is 8.03. The van der Waals surface area contributed by atoms with Gasteiger partial charge in [0, 0.05) is 30.2 Å². The van der Waals surface area contributed by atoms with E-state index in [4.69, 9.17) is 26.2 Å². The van der Waals surface area contributed by atoms with Crippen LogP contribution < -0.4 is 10.1 Å². The maximum Gasteiger partial charge on any atom is 0.270 e. The Morgan fingerprint density at radius 1 is 1.12 bits per heavy atom. The van der Waals surface area contributed by atoms with Gasteiger partial charge in [0.25, 0.3) is 5.91 Å². The van der Waals surface area contributed by atoms with Crippen molar-refractivity contribution in [3.8, 4) is 22.7 Å². The van der Waals surface area contributed by atoms with E-state index in [2.05, 4.69) is 10.2 Å². The number of morpholine rings is 1. The predicted octanol–water partition coefficient (Wildman–Crippen LogP) is 3.65. The lowest BCUT2D eigenvalue weighted by atomic mass is 10.1. The first-order chi connectivity index (χ1) is 15.6. The Bertz CT molecular complexity index is 1030. The second-order valence-electron chi connectivity index (χ2n) is 7.60. The summed E-state index contributed by atoms with van der Waals surface area (Å²) >= 11 is 6.05. The van der Waals surface area contributed by atoms with Gasteiger partial charge in [-0.1, -0.05) is 11.6 Å². The number of rotatable bonds is 8. The van der Waals surface area contributed by atoms with Crippen LogP contribution in [0.25, 0.3) is 16.9 Å². The van der Waals surface area contributed by atoms with Gasteiger partial charge in [0.2, 0.25) is 0 Å². The summed E-state index contributed by atoms with van der Waals surface area (Å²) in [7, 11) is 1.63. The molecule has 168 valence electrons. The van der Waals surface area contributed by atoms with Crippen LogP contribution in [0.15, 0.2) is 54.6 Å². The lowest BCUT2D eigenvalue weighted by Gasteiger charge is -2.26. The van der Waals surface area contributed by atoms with Gasteiger partial charge in [-0.3, -0.25) is 9.69 Å². The molecule has 2 heterocycles. The van der Waals surface area contributed by atoms with Crippen LogP contribution in [-0.4, -0.2) is 67.1 Å². The van der Waals surface area contributed by atoms with Crippen LogP contribution in [0.5, 0.6) is 5.75 Å². The Labute approximate surface area is 192 Å². The quantitative estimate of drug-likeness (QED) is 0.526. The number of carbonyl (C=O) groups is 1. The molecule has 2 aromatic carbocycles. The summed E-state index contributed by atoms with van der Waals surface area (Å²) < 4.78 is 12.3. The van der Waals surface area contributed by atoms with Crippen LogP contribution in [0.3, 0.4) is 0 Å². The highest BCUT2D eigenvalue weighted by molar-refractivity contribution is 6.30. The summed E-state index contributed by atoms with van der Waals surface area (Å²) in [6, 6.07) is 16.7. The zero-order valence-electron chi connectivity index (χ0n) is 18.1. The molecule has 8 heteroatoms. The summed E-state index contributed by atoms with van der Waals surface area (Å²) in [6.07, 6.45) is 0.881. The zero-order valence-corrected chi connectivity index (χ0v) is 18.8. The second kappa shape index (κ2) is 10.6. The highest BCUT2D eigenvalue weighted by Gasteiger charge is 2.18. The van der Waals surface area contributed by atoms with E-state index in [1.54, 1.807) is 23.9 Å². The van der Waals surface area contributed by atoms with Crippen LogP contribution >= 0.6 is 11.6 Å². The fourth-order valence-corrected chi connectivity index (χ4v) is 3.77. The molecule has 1 N–H and O–H groups in total. The summed E-state index contributed by atoms with van der Waals surface area (Å²) in [5, 5.41) is 8.38. The predicted molar refractivity (Wildman–Crippen MR) is 125 cm³/mol. The Morgan fingerprint density at radius 3 is 2.53 bits per heavy atom. The Balaban J connectivity index is 1.51. The fraction of sp³-hybridized carbons (Fsp3) is 0.333. The van der Waals surface area contributed by atoms with Gasteiger partial charge in [0.15, 0.2) is 0 Å². The van der Waals surface area contributed by atoms with Crippen molar-refractivity contribution in [2.45, 2.75) is 6.42 Å². The van der Waals surface area contributed by atoms with Crippen molar-refractivity contribution in [2.24, 2.45) is 0 Å². The van der Waals surface area contributed by atoms with Crippen LogP contribution in [-0.2, 0) is 4.74 Å². The lowest BCUT2D eigenvalue weighted by molar-refractivity contribution is 0.0374. The van der Waals surface area contributed by atoms with E-state index < -0.39 is 0 Å². The molecule has 7 nitrogen and oxygen atoms in total. The molecule has 1 saturated heterocycles. The molecule has 1 aliphatic rings. The summed E-state index contributed by atoms with van der Waals surface area (Å²) in [5.74, 6) is 0.610. The van der Waals surface area contributed by atoms with Crippen LogP contribution in [0.4, 0.5) is 0 Å². The maximum absolute atomic E-state index is 13.1. The van der Waals surface area contributed by atoms with E-state index >= 15 is 0 Å². The molecule has 1 aliphatic heterocycles. The van der Waals surface area contributed by atoms with Crippen molar-refractivity contribution in [2.75, 3.05) is 46.5 Å². The van der Waals surface area contributed by atoms with E-state index in [0.29, 0.717) is 23.0 Å². The SMILES string of the molecule is COc1ccc(-c2cc(C(=O)NCCCN3CCOCC3)n(-c3ccc(Cl)cc3)n2)cc1. The highest BCUT2D eigenvalue weighted by atomic mass is 35.5. The van der Waals surface area contributed by atoms with Gasteiger partial charge in [-0.05, 0) is 67.6 Å². The van der Waals surface area contributed by atoms with Gasteiger partial charge >= 0.3 is 0 Å². The topological polar surface area (TPSA) is 68.6 Å². The van der Waals surface area contributed by atoms with E-state index in [9.17, 15) is 4.79 Å². The molecule has 0 bridgehead atoms. The van der Waals surface area contributed by atoms with Crippen molar-refractivity contribution in [1.29, 1.82) is 0 Å². The number of nitrogens with one attached hydrogen (secondary N) is 1. The van der Waals surface area contributed by atoms with Crippen molar-refractivity contribution in [1.82, 2.24) is 20.0 Å². The zero-order chi connectivity index (χ0) is 22.3. The van der Waals surface area contributed by atoms with Crippen LogP contribution in [0.2, 0.25) is 5.02 Å². The standard InChI is InChI=1S/C24H27ClN4O3/c1-31-21-9-3-18(4-10-21)22-17-23(29(27-22)20-7-5-19(25)6-8-20)24(30)26-11-2-12-28-13-15-32-16-14-28/h3-10,17H,2,11-16H2,1H3,(H,26,30). The van der Waals surface area contributed by atoms with Gasteiger partial charge in [-0.25, -0.2) is 4.68 Å². The Kier molecular flexibility index (Phi) is 7.42. The molecule has 4 rings (SSSR count). The molecule has 0 saturated carbocycles. The van der Waals surface area contributed by atoms with Crippen molar-refractivity contribution >= 4 is 17.5 Å². The molecular weight excluding hydrogens is 428 g/mol. The summed E-state index contributed by atoms with van der Waals surface area (Å²) in [6.45, 7) is 4.99. The van der Waals surface area contributed by atoms with E-state index in [0.717, 1.165) is 56.3 Å². The van der Waals surface area contributed by atoms with E-state index in [-0.39, 0.29) is 5.91 Å². The smallest absolute Gasteiger partial charge is 0.270 e. The van der Waals surface area contributed by atoms with Gasteiger partial charge in [-0.2, -0.15) is 5.10 Å². The molecule has 0 atom stereocenters. The first-order valence-corrected chi connectivity index (χ1v) is 11.1. The molecule has 1 aromatic heterocycles. The molecule has 0 spiro atoms. The molecule has 0 unspecified atom stereocenters. The van der Waals surface area contributed by atoms with Gasteiger partial charge in [0.05, 0.1) is 31.7 Å². The Morgan fingerprint density at radius 2 is 1.84 bits per heavy atom. The minimum atomic E-state index is -0.158.